The van der Waals surface area contributed by atoms with Crippen LogP contribution in [0.15, 0.2) is 0 Å². The highest BCUT2D eigenvalue weighted by Crippen LogP contribution is 2.50. The molecule has 2 unspecified atom stereocenters. The van der Waals surface area contributed by atoms with Gasteiger partial charge in [-0.25, -0.2) is 0 Å². The van der Waals surface area contributed by atoms with Crippen LogP contribution in [0.1, 0.15) is 53.4 Å². The second kappa shape index (κ2) is 3.96. The Bertz CT molecular complexity index is 237. The molecule has 2 aliphatic rings. The molecule has 2 heteroatoms. The van der Waals surface area contributed by atoms with Gasteiger partial charge in [-0.3, -0.25) is 5.32 Å². The molecule has 15 heavy (non-hydrogen) atoms. The van der Waals surface area contributed by atoms with Gasteiger partial charge in [0.1, 0.15) is 0 Å². The molecule has 1 aliphatic heterocycles. The fraction of sp³-hybridized carbons (Fsp3) is 1.00. The van der Waals surface area contributed by atoms with Gasteiger partial charge in [0.15, 0.2) is 0 Å². The van der Waals surface area contributed by atoms with Crippen LogP contribution in [-0.4, -0.2) is 16.2 Å². The Morgan fingerprint density at radius 2 is 2.00 bits per heavy atom. The molecule has 1 spiro atoms. The van der Waals surface area contributed by atoms with E-state index in [9.17, 15) is 0 Å². The highest BCUT2D eigenvalue weighted by atomic mass is 32.2. The van der Waals surface area contributed by atoms with Crippen LogP contribution in [0.25, 0.3) is 0 Å². The van der Waals surface area contributed by atoms with Gasteiger partial charge in [-0.15, -0.1) is 11.8 Å². The molecule has 2 atom stereocenters. The molecule has 0 radical (unpaired) electrons. The minimum absolute atomic E-state index is 0.342. The fourth-order valence-corrected chi connectivity index (χ4v) is 5.26. The third-order valence-electron chi connectivity index (χ3n) is 3.96. The number of hydrogen-bond acceptors (Lipinski definition) is 2. The van der Waals surface area contributed by atoms with E-state index in [0.29, 0.717) is 10.4 Å². The molecule has 1 saturated heterocycles. The molecular formula is C13H25NS. The second-order valence-corrected chi connectivity index (χ2v) is 7.59. The van der Waals surface area contributed by atoms with E-state index in [2.05, 4.69) is 44.8 Å². The molecule has 0 bridgehead atoms. The first kappa shape index (κ1) is 11.8. The number of nitrogens with one attached hydrogen (secondary N) is 1. The summed E-state index contributed by atoms with van der Waals surface area (Å²) in [6, 6.07) is 0. The van der Waals surface area contributed by atoms with Gasteiger partial charge in [-0.05, 0) is 38.5 Å². The summed E-state index contributed by atoms with van der Waals surface area (Å²) in [5.74, 6) is 2.97. The molecule has 2 fully saturated rings. The monoisotopic (exact) mass is 227 g/mol. The van der Waals surface area contributed by atoms with Crippen molar-refractivity contribution in [1.29, 1.82) is 0 Å². The quantitative estimate of drug-likeness (QED) is 0.734. The average Bonchev–Trinajstić information content (AvgIpc) is 2.42. The smallest absolute Gasteiger partial charge is 0.0681 e. The zero-order chi connectivity index (χ0) is 11.1. The molecule has 0 aromatic heterocycles. The van der Waals surface area contributed by atoms with Crippen molar-refractivity contribution >= 4 is 11.8 Å². The molecule has 1 heterocycles. The van der Waals surface area contributed by atoms with E-state index in [1.807, 2.05) is 0 Å². The summed E-state index contributed by atoms with van der Waals surface area (Å²) in [5, 5.41) is 3.94. The van der Waals surface area contributed by atoms with Crippen molar-refractivity contribution < 1.29 is 0 Å². The molecule has 2 rings (SSSR count). The van der Waals surface area contributed by atoms with Crippen molar-refractivity contribution in [3.05, 3.63) is 0 Å². The molecule has 0 aromatic carbocycles. The normalized spacial score (nSPS) is 40.2. The lowest BCUT2D eigenvalue weighted by molar-refractivity contribution is 0.163. The van der Waals surface area contributed by atoms with Gasteiger partial charge in [0, 0.05) is 11.3 Å². The Hall–Kier alpha value is 0.310. The Labute approximate surface area is 98.8 Å². The van der Waals surface area contributed by atoms with Crippen molar-refractivity contribution in [2.45, 2.75) is 63.8 Å². The standard InChI is InChI=1S/C13H25NS/c1-10(2)11-7-5-6-8-13(11)14-12(3,4)9-15-13/h10-11,14H,5-9H2,1-4H3. The maximum Gasteiger partial charge on any atom is 0.0681 e. The lowest BCUT2D eigenvalue weighted by Gasteiger charge is -2.44. The summed E-state index contributed by atoms with van der Waals surface area (Å²) in [7, 11) is 0. The van der Waals surface area contributed by atoms with Crippen molar-refractivity contribution in [3.63, 3.8) is 0 Å². The zero-order valence-corrected chi connectivity index (χ0v) is 11.4. The van der Waals surface area contributed by atoms with Crippen molar-refractivity contribution in [2.75, 3.05) is 5.75 Å². The minimum atomic E-state index is 0.342. The van der Waals surface area contributed by atoms with E-state index in [4.69, 9.17) is 0 Å². The molecule has 1 nitrogen and oxygen atoms in total. The third-order valence-corrected chi connectivity index (χ3v) is 5.95. The number of thioether (sulfide) groups is 1. The van der Waals surface area contributed by atoms with E-state index >= 15 is 0 Å². The van der Waals surface area contributed by atoms with Gasteiger partial charge in [-0.1, -0.05) is 26.7 Å². The van der Waals surface area contributed by atoms with E-state index in [-0.39, 0.29) is 0 Å². The fourth-order valence-electron chi connectivity index (χ4n) is 3.33. The molecule has 0 aromatic rings. The van der Waals surface area contributed by atoms with E-state index in [1.165, 1.54) is 31.4 Å². The Kier molecular flexibility index (Phi) is 3.11. The van der Waals surface area contributed by atoms with Crippen LogP contribution >= 0.6 is 11.8 Å². The Morgan fingerprint density at radius 3 is 2.53 bits per heavy atom. The maximum atomic E-state index is 3.94. The van der Waals surface area contributed by atoms with Gasteiger partial charge in [0.05, 0.1) is 4.87 Å². The van der Waals surface area contributed by atoms with Crippen LogP contribution in [0.3, 0.4) is 0 Å². The number of rotatable bonds is 1. The maximum absolute atomic E-state index is 3.94. The van der Waals surface area contributed by atoms with Crippen LogP contribution in [0.2, 0.25) is 0 Å². The van der Waals surface area contributed by atoms with E-state index in [1.54, 1.807) is 0 Å². The van der Waals surface area contributed by atoms with Crippen LogP contribution in [0.4, 0.5) is 0 Å². The lowest BCUT2D eigenvalue weighted by atomic mass is 9.76. The summed E-state index contributed by atoms with van der Waals surface area (Å²) in [4.78, 5) is 0.413. The van der Waals surface area contributed by atoms with Crippen LogP contribution < -0.4 is 5.32 Å². The largest absolute Gasteiger partial charge is 0.297 e. The van der Waals surface area contributed by atoms with Crippen LogP contribution in [-0.2, 0) is 0 Å². The third kappa shape index (κ3) is 2.21. The first-order chi connectivity index (χ1) is 6.95. The van der Waals surface area contributed by atoms with E-state index in [0.717, 1.165) is 11.8 Å². The summed E-state index contributed by atoms with van der Waals surface area (Å²) in [5.41, 5.74) is 0.342. The van der Waals surface area contributed by atoms with Crippen molar-refractivity contribution in [1.82, 2.24) is 5.32 Å². The first-order valence-corrected chi connectivity index (χ1v) is 7.37. The molecule has 1 aliphatic carbocycles. The highest BCUT2D eigenvalue weighted by Gasteiger charge is 2.49. The zero-order valence-electron chi connectivity index (χ0n) is 10.6. The topological polar surface area (TPSA) is 12.0 Å². The van der Waals surface area contributed by atoms with Crippen molar-refractivity contribution in [2.24, 2.45) is 11.8 Å². The Balaban J connectivity index is 2.17. The predicted octanol–water partition coefficient (Wildman–Crippen LogP) is 3.64. The average molecular weight is 227 g/mol. The van der Waals surface area contributed by atoms with Gasteiger partial charge in [0.25, 0.3) is 0 Å². The van der Waals surface area contributed by atoms with Gasteiger partial charge >= 0.3 is 0 Å². The Morgan fingerprint density at radius 1 is 1.27 bits per heavy atom. The summed E-state index contributed by atoms with van der Waals surface area (Å²) in [6.45, 7) is 9.48. The van der Waals surface area contributed by atoms with Crippen molar-refractivity contribution in [3.8, 4) is 0 Å². The number of hydrogen-bond donors (Lipinski definition) is 1. The van der Waals surface area contributed by atoms with E-state index < -0.39 is 0 Å². The molecule has 0 amide bonds. The highest BCUT2D eigenvalue weighted by molar-refractivity contribution is 8.01. The minimum Gasteiger partial charge on any atom is -0.297 e. The second-order valence-electron chi connectivity index (χ2n) is 6.28. The molecular weight excluding hydrogens is 202 g/mol. The van der Waals surface area contributed by atoms with Gasteiger partial charge < -0.3 is 0 Å². The van der Waals surface area contributed by atoms with Crippen LogP contribution in [0.5, 0.6) is 0 Å². The summed E-state index contributed by atoms with van der Waals surface area (Å²) < 4.78 is 0. The molecule has 1 N–H and O–H groups in total. The predicted molar refractivity (Wildman–Crippen MR) is 69.2 cm³/mol. The first-order valence-electron chi connectivity index (χ1n) is 6.38. The summed E-state index contributed by atoms with van der Waals surface area (Å²) >= 11 is 2.20. The van der Waals surface area contributed by atoms with Gasteiger partial charge in [0.2, 0.25) is 0 Å². The molecule has 1 saturated carbocycles. The SMILES string of the molecule is CC(C)C1CCCCC12NC(C)(C)CS2. The summed E-state index contributed by atoms with van der Waals surface area (Å²) in [6.07, 6.45) is 5.66. The van der Waals surface area contributed by atoms with Crippen LogP contribution in [0, 0.1) is 11.8 Å². The molecule has 88 valence electrons. The van der Waals surface area contributed by atoms with Gasteiger partial charge in [-0.2, -0.15) is 0 Å². The lowest BCUT2D eigenvalue weighted by Crippen LogP contribution is -2.54.